The largest absolute Gasteiger partial charge is 0.354 e. The Labute approximate surface area is 190 Å². The smallest absolute Gasteiger partial charge is 0.0501 e. The van der Waals surface area contributed by atoms with Crippen LogP contribution >= 0.6 is 0 Å². The van der Waals surface area contributed by atoms with Crippen LogP contribution in [0.3, 0.4) is 0 Å². The number of H-pyrrole nitrogens is 1. The average Bonchev–Trinajstić information content (AvgIpc) is 3.19. The first-order valence-corrected chi connectivity index (χ1v) is 11.8. The molecule has 0 aliphatic carbocycles. The van der Waals surface area contributed by atoms with Gasteiger partial charge in [-0.05, 0) is 91.7 Å². The molecule has 0 atom stereocenters. The fourth-order valence-corrected chi connectivity index (χ4v) is 5.19. The van der Waals surface area contributed by atoms with Gasteiger partial charge in [0.2, 0.25) is 0 Å². The highest BCUT2D eigenvalue weighted by molar-refractivity contribution is 5.92. The minimum Gasteiger partial charge on any atom is -0.354 e. The molecule has 1 fully saturated rings. The molecule has 32 heavy (non-hydrogen) atoms. The van der Waals surface area contributed by atoms with E-state index < -0.39 is 0 Å². The van der Waals surface area contributed by atoms with Gasteiger partial charge in [-0.15, -0.1) is 0 Å². The minimum atomic E-state index is 0.448. The highest BCUT2D eigenvalue weighted by Crippen LogP contribution is 2.38. The number of aryl methyl sites for hydroxylation is 1. The Morgan fingerprint density at radius 1 is 1.06 bits per heavy atom. The molecule has 3 aromatic heterocycles. The van der Waals surface area contributed by atoms with Crippen molar-refractivity contribution in [1.29, 1.82) is 0 Å². The number of benzene rings is 1. The summed E-state index contributed by atoms with van der Waals surface area (Å²) in [6.45, 7) is 9.93. The fraction of sp³-hybridized carbons (Fsp3) is 0.357. The van der Waals surface area contributed by atoms with E-state index in [2.05, 4.69) is 77.0 Å². The van der Waals surface area contributed by atoms with Crippen LogP contribution in [0.25, 0.3) is 22.2 Å². The van der Waals surface area contributed by atoms with Gasteiger partial charge in [-0.25, -0.2) is 0 Å². The summed E-state index contributed by atoms with van der Waals surface area (Å²) < 4.78 is 0. The average molecular weight is 425 g/mol. The maximum Gasteiger partial charge on any atom is 0.0501 e. The molecule has 164 valence electrons. The lowest BCUT2D eigenvalue weighted by molar-refractivity contribution is 0.204. The van der Waals surface area contributed by atoms with Crippen LogP contribution in [0.1, 0.15) is 60.9 Å². The van der Waals surface area contributed by atoms with E-state index in [1.807, 2.05) is 24.7 Å². The van der Waals surface area contributed by atoms with Crippen molar-refractivity contribution in [3.8, 4) is 11.3 Å². The number of piperidine rings is 1. The summed E-state index contributed by atoms with van der Waals surface area (Å²) >= 11 is 0. The normalized spacial score (nSPS) is 15.6. The third-order valence-corrected chi connectivity index (χ3v) is 6.81. The first kappa shape index (κ1) is 20.9. The number of fused-ring (bicyclic) bond motifs is 1. The molecule has 0 unspecified atom stereocenters. The summed E-state index contributed by atoms with van der Waals surface area (Å²) in [5.74, 6) is 1.08. The summed E-state index contributed by atoms with van der Waals surface area (Å²) in [7, 11) is 0. The van der Waals surface area contributed by atoms with Gasteiger partial charge >= 0.3 is 0 Å². The number of rotatable bonds is 5. The molecular weight excluding hydrogens is 392 g/mol. The van der Waals surface area contributed by atoms with E-state index in [4.69, 9.17) is 0 Å². The zero-order valence-electron chi connectivity index (χ0n) is 19.3. The second kappa shape index (κ2) is 8.87. The maximum atomic E-state index is 4.38. The molecule has 1 aliphatic rings. The van der Waals surface area contributed by atoms with Crippen LogP contribution in [0.15, 0.2) is 61.1 Å². The standard InChI is InChI=1S/C28H32N4/c1-19(2)27-25-16-23(6-7-26(25)31-28(27)24-8-12-30-20(3)15-24)22-9-13-32(14-10-22)18-21-5-4-11-29-17-21/h4-8,11-12,15-17,19,22,31H,9-10,13-14,18H2,1-3H3. The third-order valence-electron chi connectivity index (χ3n) is 6.81. The number of nitrogens with one attached hydrogen (secondary N) is 1. The van der Waals surface area contributed by atoms with Crippen LogP contribution in [0, 0.1) is 6.92 Å². The van der Waals surface area contributed by atoms with Crippen molar-refractivity contribution in [2.45, 2.75) is 52.0 Å². The van der Waals surface area contributed by atoms with Crippen LogP contribution in [0.5, 0.6) is 0 Å². The van der Waals surface area contributed by atoms with E-state index >= 15 is 0 Å². The lowest BCUT2D eigenvalue weighted by atomic mass is 9.87. The Morgan fingerprint density at radius 3 is 2.62 bits per heavy atom. The quantitative estimate of drug-likeness (QED) is 0.401. The lowest BCUT2D eigenvalue weighted by Crippen LogP contribution is -2.32. The first-order valence-electron chi connectivity index (χ1n) is 11.8. The molecule has 1 aromatic carbocycles. The topological polar surface area (TPSA) is 44.8 Å². The van der Waals surface area contributed by atoms with Crippen molar-refractivity contribution in [1.82, 2.24) is 19.9 Å². The number of aromatic nitrogens is 3. The van der Waals surface area contributed by atoms with Gasteiger partial charge in [0.25, 0.3) is 0 Å². The number of likely N-dealkylation sites (tertiary alicyclic amines) is 1. The predicted octanol–water partition coefficient (Wildman–Crippen LogP) is 6.44. The van der Waals surface area contributed by atoms with E-state index in [1.54, 1.807) is 0 Å². The van der Waals surface area contributed by atoms with Crippen molar-refractivity contribution in [3.05, 3.63) is 83.4 Å². The molecule has 1 aliphatic heterocycles. The van der Waals surface area contributed by atoms with E-state index in [-0.39, 0.29) is 0 Å². The van der Waals surface area contributed by atoms with Crippen molar-refractivity contribution >= 4 is 10.9 Å². The van der Waals surface area contributed by atoms with E-state index in [9.17, 15) is 0 Å². The van der Waals surface area contributed by atoms with Gasteiger partial charge in [0, 0.05) is 47.3 Å². The molecule has 0 spiro atoms. The van der Waals surface area contributed by atoms with Crippen LogP contribution in [-0.4, -0.2) is 32.9 Å². The van der Waals surface area contributed by atoms with Gasteiger partial charge in [-0.2, -0.15) is 0 Å². The molecule has 4 heterocycles. The van der Waals surface area contributed by atoms with Crippen LogP contribution in [-0.2, 0) is 6.54 Å². The Bertz CT molecular complexity index is 1200. The van der Waals surface area contributed by atoms with Crippen LogP contribution in [0.4, 0.5) is 0 Å². The van der Waals surface area contributed by atoms with Gasteiger partial charge < -0.3 is 4.98 Å². The van der Waals surface area contributed by atoms with Crippen molar-refractivity contribution in [3.63, 3.8) is 0 Å². The SMILES string of the molecule is Cc1cc(-c2[nH]c3ccc(C4CCN(Cc5cccnc5)CC4)cc3c2C(C)C)ccn1. The summed E-state index contributed by atoms with van der Waals surface area (Å²) in [4.78, 5) is 14.9. The molecule has 0 radical (unpaired) electrons. The summed E-state index contributed by atoms with van der Waals surface area (Å²) in [6.07, 6.45) is 8.17. The van der Waals surface area contributed by atoms with E-state index in [0.717, 1.165) is 25.3 Å². The van der Waals surface area contributed by atoms with Gasteiger partial charge in [0.05, 0.1) is 5.69 Å². The number of aromatic amines is 1. The molecule has 5 rings (SSSR count). The summed E-state index contributed by atoms with van der Waals surface area (Å²) in [5.41, 5.74) is 8.95. The Balaban J connectivity index is 1.39. The number of hydrogen-bond donors (Lipinski definition) is 1. The Kier molecular flexibility index (Phi) is 5.79. The third kappa shape index (κ3) is 4.20. The molecule has 1 saturated heterocycles. The Morgan fingerprint density at radius 2 is 1.91 bits per heavy atom. The second-order valence-electron chi connectivity index (χ2n) is 9.47. The van der Waals surface area contributed by atoms with E-state index in [1.165, 1.54) is 51.7 Å². The molecule has 4 nitrogen and oxygen atoms in total. The van der Waals surface area contributed by atoms with Gasteiger partial charge in [-0.1, -0.05) is 26.0 Å². The molecule has 4 aromatic rings. The highest BCUT2D eigenvalue weighted by Gasteiger charge is 2.23. The summed E-state index contributed by atoms with van der Waals surface area (Å²) in [6, 6.07) is 15.6. The second-order valence-corrected chi connectivity index (χ2v) is 9.47. The monoisotopic (exact) mass is 424 g/mol. The minimum absolute atomic E-state index is 0.448. The first-order chi connectivity index (χ1) is 15.6. The van der Waals surface area contributed by atoms with Crippen LogP contribution in [0.2, 0.25) is 0 Å². The molecule has 4 heteroatoms. The summed E-state index contributed by atoms with van der Waals surface area (Å²) in [5, 5.41) is 1.37. The fourth-order valence-electron chi connectivity index (χ4n) is 5.19. The number of pyridine rings is 2. The van der Waals surface area contributed by atoms with Gasteiger partial charge in [0.1, 0.15) is 0 Å². The molecular formula is C28H32N4. The molecule has 0 bridgehead atoms. The van der Waals surface area contributed by atoms with Crippen molar-refractivity contribution in [2.24, 2.45) is 0 Å². The zero-order chi connectivity index (χ0) is 22.1. The molecule has 1 N–H and O–H groups in total. The van der Waals surface area contributed by atoms with Crippen molar-refractivity contribution in [2.75, 3.05) is 13.1 Å². The predicted molar refractivity (Wildman–Crippen MR) is 132 cm³/mol. The van der Waals surface area contributed by atoms with Gasteiger partial charge in [0.15, 0.2) is 0 Å². The van der Waals surface area contributed by atoms with Gasteiger partial charge in [-0.3, -0.25) is 14.9 Å². The lowest BCUT2D eigenvalue weighted by Gasteiger charge is -2.32. The number of nitrogens with zero attached hydrogens (tertiary/aromatic N) is 3. The molecule has 0 amide bonds. The van der Waals surface area contributed by atoms with Crippen molar-refractivity contribution < 1.29 is 0 Å². The van der Waals surface area contributed by atoms with E-state index in [0.29, 0.717) is 11.8 Å². The van der Waals surface area contributed by atoms with Crippen LogP contribution < -0.4 is 0 Å². The maximum absolute atomic E-state index is 4.38. The zero-order valence-corrected chi connectivity index (χ0v) is 19.3. The highest BCUT2D eigenvalue weighted by atomic mass is 15.1. The molecule has 0 saturated carbocycles. The number of hydrogen-bond acceptors (Lipinski definition) is 3. The Hall–Kier alpha value is -2.98.